The monoisotopic (exact) mass is 227 g/mol. The molecule has 1 radical (unpaired) electrons. The van der Waals surface area contributed by atoms with Crippen molar-refractivity contribution in [3.8, 4) is 11.5 Å². The second-order valence-corrected chi connectivity index (χ2v) is 3.55. The van der Waals surface area contributed by atoms with Crippen molar-refractivity contribution in [2.45, 2.75) is 0 Å². The summed E-state index contributed by atoms with van der Waals surface area (Å²) in [5.41, 5.74) is 0.783. The van der Waals surface area contributed by atoms with E-state index in [1.54, 1.807) is 30.6 Å². The van der Waals surface area contributed by atoms with Gasteiger partial charge in [0.1, 0.15) is 5.75 Å². The van der Waals surface area contributed by atoms with Gasteiger partial charge < -0.3 is 9.72 Å². The maximum absolute atomic E-state index is 13.7. The summed E-state index contributed by atoms with van der Waals surface area (Å²) in [6.45, 7) is 0. The summed E-state index contributed by atoms with van der Waals surface area (Å²) >= 11 is 0. The number of H-pyrrole nitrogens is 1. The largest absolute Gasteiger partial charge is 0.453 e. The molecule has 3 aromatic rings. The highest BCUT2D eigenvalue weighted by atomic mass is 19.1. The number of halogens is 1. The topological polar surface area (TPSA) is 37.9 Å². The number of aromatic nitrogens is 2. The third-order valence-corrected chi connectivity index (χ3v) is 2.39. The number of rotatable bonds is 2. The van der Waals surface area contributed by atoms with Crippen LogP contribution in [0.4, 0.5) is 4.39 Å². The van der Waals surface area contributed by atoms with E-state index in [0.29, 0.717) is 11.1 Å². The molecular weight excluding hydrogens is 219 g/mol. The Balaban J connectivity index is 2.02. The molecule has 0 fully saturated rings. The van der Waals surface area contributed by atoms with Crippen molar-refractivity contribution in [3.05, 3.63) is 54.7 Å². The van der Waals surface area contributed by atoms with Gasteiger partial charge in [-0.25, -0.2) is 4.39 Å². The lowest BCUT2D eigenvalue weighted by atomic mass is 10.2. The number of benzene rings is 1. The van der Waals surface area contributed by atoms with E-state index in [1.807, 2.05) is 0 Å². The zero-order valence-electron chi connectivity index (χ0n) is 8.77. The molecule has 0 amide bonds. The molecule has 2 heterocycles. The number of aromatic amines is 1. The highest BCUT2D eigenvalue weighted by molar-refractivity contribution is 5.80. The van der Waals surface area contributed by atoms with Gasteiger partial charge in [0.2, 0.25) is 0 Å². The van der Waals surface area contributed by atoms with Crippen LogP contribution in [0.2, 0.25) is 0 Å². The summed E-state index contributed by atoms with van der Waals surface area (Å²) in [5, 5.41) is 0.695. The number of pyridine rings is 1. The smallest absolute Gasteiger partial charge is 0.166 e. The number of hydrogen-bond acceptors (Lipinski definition) is 2. The Kier molecular flexibility index (Phi) is 2.26. The van der Waals surface area contributed by atoms with E-state index < -0.39 is 5.82 Å². The van der Waals surface area contributed by atoms with Gasteiger partial charge in [0.25, 0.3) is 0 Å². The Bertz CT molecular complexity index is 649. The zero-order chi connectivity index (χ0) is 11.7. The van der Waals surface area contributed by atoms with Crippen LogP contribution in [0.3, 0.4) is 0 Å². The fraction of sp³-hybridized carbons (Fsp3) is 0. The second-order valence-electron chi connectivity index (χ2n) is 3.55. The molecule has 0 saturated carbocycles. The van der Waals surface area contributed by atoms with Crippen molar-refractivity contribution >= 4 is 10.9 Å². The van der Waals surface area contributed by atoms with E-state index in [2.05, 4.69) is 16.0 Å². The molecule has 0 aliphatic heterocycles. The van der Waals surface area contributed by atoms with Gasteiger partial charge in [-0.15, -0.1) is 0 Å². The first-order valence-corrected chi connectivity index (χ1v) is 5.09. The number of ether oxygens (including phenoxy) is 1. The molecule has 0 unspecified atom stereocenters. The quantitative estimate of drug-likeness (QED) is 0.729. The van der Waals surface area contributed by atoms with Crippen LogP contribution in [0.1, 0.15) is 0 Å². The molecular formula is C13H8FN2O. The predicted molar refractivity (Wildman–Crippen MR) is 61.4 cm³/mol. The standard InChI is InChI=1S/C13H8FN2O/c14-11-6-9-3-5-16-12(9)7-13(11)17-10-2-1-4-15-8-10/h1-2,4-8,16H. The van der Waals surface area contributed by atoms with E-state index in [1.165, 1.54) is 12.3 Å². The average Bonchev–Trinajstić information content (AvgIpc) is 2.78. The fourth-order valence-electron chi connectivity index (χ4n) is 1.60. The molecule has 0 saturated heterocycles. The van der Waals surface area contributed by atoms with Crippen LogP contribution in [0.25, 0.3) is 10.9 Å². The lowest BCUT2D eigenvalue weighted by molar-refractivity contribution is 0.442. The Morgan fingerprint density at radius 1 is 1.35 bits per heavy atom. The molecule has 4 heteroatoms. The molecule has 0 spiro atoms. The summed E-state index contributed by atoms with van der Waals surface area (Å²) < 4.78 is 19.1. The van der Waals surface area contributed by atoms with Crippen molar-refractivity contribution in [1.82, 2.24) is 9.97 Å². The number of fused-ring (bicyclic) bond motifs is 1. The first-order valence-electron chi connectivity index (χ1n) is 5.09. The Hall–Kier alpha value is -2.36. The molecule has 1 N–H and O–H groups in total. The van der Waals surface area contributed by atoms with Gasteiger partial charge in [-0.05, 0) is 18.2 Å². The van der Waals surface area contributed by atoms with Crippen LogP contribution in [0.15, 0.2) is 42.9 Å². The van der Waals surface area contributed by atoms with Crippen LogP contribution in [0.5, 0.6) is 11.5 Å². The maximum atomic E-state index is 13.7. The summed E-state index contributed by atoms with van der Waals surface area (Å²) in [4.78, 5) is 6.86. The predicted octanol–water partition coefficient (Wildman–Crippen LogP) is 3.29. The minimum atomic E-state index is -0.419. The fourth-order valence-corrected chi connectivity index (χ4v) is 1.60. The third-order valence-electron chi connectivity index (χ3n) is 2.39. The van der Waals surface area contributed by atoms with Crippen molar-refractivity contribution < 1.29 is 9.13 Å². The average molecular weight is 227 g/mol. The van der Waals surface area contributed by atoms with Gasteiger partial charge in [0, 0.05) is 35.4 Å². The SMILES string of the molecule is Fc1cc2[c]c[nH]c2cc1Oc1cccnc1. The minimum Gasteiger partial charge on any atom is -0.453 e. The van der Waals surface area contributed by atoms with Crippen LogP contribution in [-0.4, -0.2) is 9.97 Å². The molecule has 0 bridgehead atoms. The molecule has 1 aromatic carbocycles. The maximum Gasteiger partial charge on any atom is 0.166 e. The number of nitrogens with zero attached hydrogens (tertiary/aromatic N) is 1. The van der Waals surface area contributed by atoms with Gasteiger partial charge in [0.15, 0.2) is 11.6 Å². The van der Waals surface area contributed by atoms with Gasteiger partial charge in [-0.3, -0.25) is 4.98 Å². The van der Waals surface area contributed by atoms with Crippen molar-refractivity contribution in [3.63, 3.8) is 0 Å². The van der Waals surface area contributed by atoms with Crippen LogP contribution in [-0.2, 0) is 0 Å². The molecule has 0 atom stereocenters. The Labute approximate surface area is 96.9 Å². The van der Waals surface area contributed by atoms with Crippen molar-refractivity contribution in [2.75, 3.05) is 0 Å². The lowest BCUT2D eigenvalue weighted by Gasteiger charge is -2.06. The summed E-state index contributed by atoms with van der Waals surface area (Å²) in [5.74, 6) is 0.250. The van der Waals surface area contributed by atoms with E-state index >= 15 is 0 Å². The highest BCUT2D eigenvalue weighted by Gasteiger charge is 2.07. The Morgan fingerprint density at radius 3 is 3.12 bits per heavy atom. The van der Waals surface area contributed by atoms with E-state index in [0.717, 1.165) is 5.52 Å². The van der Waals surface area contributed by atoms with E-state index in [-0.39, 0.29) is 5.75 Å². The highest BCUT2D eigenvalue weighted by Crippen LogP contribution is 2.27. The summed E-state index contributed by atoms with van der Waals surface area (Å²) in [6.07, 6.45) is 4.80. The van der Waals surface area contributed by atoms with Crippen molar-refractivity contribution in [1.29, 1.82) is 0 Å². The summed E-state index contributed by atoms with van der Waals surface area (Å²) in [7, 11) is 0. The first-order chi connectivity index (χ1) is 8.33. The summed E-state index contributed by atoms with van der Waals surface area (Å²) in [6, 6.07) is 9.33. The molecule has 3 nitrogen and oxygen atoms in total. The van der Waals surface area contributed by atoms with Gasteiger partial charge in [-0.2, -0.15) is 0 Å². The van der Waals surface area contributed by atoms with Crippen LogP contribution in [0, 0.1) is 11.9 Å². The molecule has 83 valence electrons. The molecule has 0 aliphatic rings. The zero-order valence-corrected chi connectivity index (χ0v) is 8.77. The van der Waals surface area contributed by atoms with Crippen LogP contribution >= 0.6 is 0 Å². The van der Waals surface area contributed by atoms with E-state index in [4.69, 9.17) is 4.74 Å². The first kappa shape index (κ1) is 9.84. The number of hydrogen-bond donors (Lipinski definition) is 1. The van der Waals surface area contributed by atoms with E-state index in [9.17, 15) is 4.39 Å². The Morgan fingerprint density at radius 2 is 2.29 bits per heavy atom. The van der Waals surface area contributed by atoms with Crippen LogP contribution < -0.4 is 4.74 Å². The molecule has 17 heavy (non-hydrogen) atoms. The molecule has 3 rings (SSSR count). The molecule has 0 aliphatic carbocycles. The number of nitrogens with one attached hydrogen (secondary N) is 1. The molecule has 2 aromatic heterocycles. The van der Waals surface area contributed by atoms with Gasteiger partial charge in [0.05, 0.1) is 6.20 Å². The second kappa shape index (κ2) is 3.90. The third kappa shape index (κ3) is 1.85. The van der Waals surface area contributed by atoms with Gasteiger partial charge >= 0.3 is 0 Å². The van der Waals surface area contributed by atoms with Crippen molar-refractivity contribution in [2.24, 2.45) is 0 Å². The lowest BCUT2D eigenvalue weighted by Crippen LogP contribution is -1.88. The normalized spacial score (nSPS) is 10.6. The van der Waals surface area contributed by atoms with Gasteiger partial charge in [-0.1, -0.05) is 0 Å². The minimum absolute atomic E-state index is 0.168.